The van der Waals surface area contributed by atoms with Crippen LogP contribution in [0.5, 0.6) is 5.75 Å². The first-order valence-electron chi connectivity index (χ1n) is 6.42. The monoisotopic (exact) mass is 301 g/mol. The number of hydrogen-bond donors (Lipinski definition) is 1. The number of ether oxygens (including phenoxy) is 3. The number of rotatable bonds is 7. The summed E-state index contributed by atoms with van der Waals surface area (Å²) in [5, 5.41) is 20.5. The number of halogens is 1. The quantitative estimate of drug-likeness (QED) is 0.463. The molecule has 1 saturated carbocycles. The van der Waals surface area contributed by atoms with E-state index < -0.39 is 29.1 Å². The topological polar surface area (TPSA) is 91.1 Å². The van der Waals surface area contributed by atoms with E-state index in [4.69, 9.17) is 14.2 Å². The van der Waals surface area contributed by atoms with Gasteiger partial charge in [0.15, 0.2) is 5.75 Å². The van der Waals surface area contributed by atoms with Crippen LogP contribution in [0.4, 0.5) is 10.1 Å². The summed E-state index contributed by atoms with van der Waals surface area (Å²) < 4.78 is 28.8. The molecule has 0 aromatic heterocycles. The fourth-order valence-electron chi connectivity index (χ4n) is 2.06. The maximum absolute atomic E-state index is 13.2. The minimum absolute atomic E-state index is 0.169. The van der Waals surface area contributed by atoms with E-state index in [0.29, 0.717) is 6.61 Å². The van der Waals surface area contributed by atoms with Gasteiger partial charge in [-0.3, -0.25) is 10.1 Å². The van der Waals surface area contributed by atoms with Crippen LogP contribution >= 0.6 is 0 Å². The van der Waals surface area contributed by atoms with Gasteiger partial charge < -0.3 is 19.3 Å². The predicted molar refractivity (Wildman–Crippen MR) is 69.7 cm³/mol. The van der Waals surface area contributed by atoms with E-state index in [1.165, 1.54) is 7.11 Å². The molecule has 7 nitrogen and oxygen atoms in total. The Morgan fingerprint density at radius 1 is 1.48 bits per heavy atom. The molecule has 116 valence electrons. The lowest BCUT2D eigenvalue weighted by Gasteiger charge is -2.40. The summed E-state index contributed by atoms with van der Waals surface area (Å²) in [5.74, 6) is -0.801. The number of hydrogen-bond acceptors (Lipinski definition) is 6. The van der Waals surface area contributed by atoms with E-state index in [1.54, 1.807) is 0 Å². The third-order valence-electron chi connectivity index (χ3n) is 3.21. The third-order valence-corrected chi connectivity index (χ3v) is 3.21. The zero-order valence-corrected chi connectivity index (χ0v) is 11.4. The van der Waals surface area contributed by atoms with Gasteiger partial charge in [-0.1, -0.05) is 0 Å². The van der Waals surface area contributed by atoms with E-state index in [2.05, 4.69) is 0 Å². The van der Waals surface area contributed by atoms with Gasteiger partial charge in [0.1, 0.15) is 18.0 Å². The van der Waals surface area contributed by atoms with E-state index in [-0.39, 0.29) is 24.5 Å². The molecule has 1 N–H and O–H groups in total. The molecule has 0 heterocycles. The number of aliphatic hydroxyl groups is 1. The fraction of sp³-hybridized carbons (Fsp3) is 0.538. The van der Waals surface area contributed by atoms with E-state index in [1.807, 2.05) is 0 Å². The summed E-state index contributed by atoms with van der Waals surface area (Å²) in [7, 11) is 1.52. The molecule has 3 unspecified atom stereocenters. The second kappa shape index (κ2) is 6.79. The molecule has 0 radical (unpaired) electrons. The van der Waals surface area contributed by atoms with E-state index in [0.717, 1.165) is 18.2 Å². The molecule has 21 heavy (non-hydrogen) atoms. The summed E-state index contributed by atoms with van der Waals surface area (Å²) in [5.41, 5.74) is -0.326. The number of benzene rings is 1. The number of methoxy groups -OCH3 is 1. The van der Waals surface area contributed by atoms with Gasteiger partial charge in [0.25, 0.3) is 0 Å². The summed E-state index contributed by atoms with van der Waals surface area (Å²) in [6.45, 7) is 0.624. The van der Waals surface area contributed by atoms with Crippen molar-refractivity contribution in [1.29, 1.82) is 0 Å². The first-order chi connectivity index (χ1) is 10.0. The van der Waals surface area contributed by atoms with Gasteiger partial charge in [0.2, 0.25) is 0 Å². The average Bonchev–Trinajstić information content (AvgIpc) is 2.43. The van der Waals surface area contributed by atoms with Gasteiger partial charge >= 0.3 is 5.69 Å². The highest BCUT2D eigenvalue weighted by Crippen LogP contribution is 2.34. The number of nitrogens with zero attached hydrogens (tertiary/aromatic N) is 1. The van der Waals surface area contributed by atoms with E-state index in [9.17, 15) is 19.6 Å². The second-order valence-electron chi connectivity index (χ2n) is 4.66. The Morgan fingerprint density at radius 3 is 2.86 bits per heavy atom. The van der Waals surface area contributed by atoms with Gasteiger partial charge in [0.05, 0.1) is 24.2 Å². The largest absolute Gasteiger partial charge is 0.480 e. The van der Waals surface area contributed by atoms with Crippen LogP contribution in [-0.4, -0.2) is 48.7 Å². The highest BCUT2D eigenvalue weighted by molar-refractivity contribution is 5.46. The molecule has 1 aromatic carbocycles. The van der Waals surface area contributed by atoms with Gasteiger partial charge in [-0.15, -0.1) is 0 Å². The molecule has 1 aliphatic rings. The first kappa shape index (κ1) is 15.6. The maximum Gasteiger partial charge on any atom is 0.311 e. The molecule has 0 aliphatic heterocycles. The molecule has 0 bridgehead atoms. The van der Waals surface area contributed by atoms with Crippen molar-refractivity contribution >= 4 is 5.69 Å². The minimum Gasteiger partial charge on any atom is -0.480 e. The Kier molecular flexibility index (Phi) is 5.05. The molecular formula is C13H16FNO6. The molecule has 0 saturated heterocycles. The molecule has 2 rings (SSSR count). The molecular weight excluding hydrogens is 285 g/mol. The van der Waals surface area contributed by atoms with Crippen LogP contribution in [0.3, 0.4) is 0 Å². The summed E-state index contributed by atoms with van der Waals surface area (Å²) in [6.07, 6.45) is -1.61. The lowest BCUT2D eigenvalue weighted by Crippen LogP contribution is -2.55. The second-order valence-corrected chi connectivity index (χ2v) is 4.66. The van der Waals surface area contributed by atoms with E-state index >= 15 is 0 Å². The zero-order valence-electron chi connectivity index (χ0n) is 11.4. The number of nitro groups is 1. The average molecular weight is 301 g/mol. The van der Waals surface area contributed by atoms with Gasteiger partial charge in [-0.2, -0.15) is 0 Å². The Balaban J connectivity index is 2.04. The van der Waals surface area contributed by atoms with Crippen molar-refractivity contribution in [1.82, 2.24) is 0 Å². The predicted octanol–water partition coefficient (Wildman–Crippen LogP) is 1.28. The SMILES string of the molecule is COCCOC1C(O)CC1Oc1cc(F)ccc1[N+](=O)[O-]. The van der Waals surface area contributed by atoms with Crippen LogP contribution in [0, 0.1) is 15.9 Å². The highest BCUT2D eigenvalue weighted by atomic mass is 19.1. The molecule has 1 aliphatic carbocycles. The Bertz CT molecular complexity index is 511. The van der Waals surface area contributed by atoms with Crippen molar-refractivity contribution in [3.63, 3.8) is 0 Å². The van der Waals surface area contributed by atoms with Crippen LogP contribution in [0.1, 0.15) is 6.42 Å². The number of nitro benzene ring substituents is 1. The van der Waals surface area contributed by atoms with Crippen molar-refractivity contribution in [2.24, 2.45) is 0 Å². The Hall–Kier alpha value is -1.77. The van der Waals surface area contributed by atoms with Crippen molar-refractivity contribution < 1.29 is 28.6 Å². The zero-order chi connectivity index (χ0) is 15.4. The van der Waals surface area contributed by atoms with Gasteiger partial charge in [-0.05, 0) is 6.07 Å². The van der Waals surface area contributed by atoms with Crippen LogP contribution in [0.25, 0.3) is 0 Å². The highest BCUT2D eigenvalue weighted by Gasteiger charge is 2.43. The first-order valence-corrected chi connectivity index (χ1v) is 6.42. The van der Waals surface area contributed by atoms with Crippen LogP contribution in [-0.2, 0) is 9.47 Å². The molecule has 1 aromatic rings. The molecule has 1 fully saturated rings. The van der Waals surface area contributed by atoms with Crippen LogP contribution in [0.15, 0.2) is 18.2 Å². The summed E-state index contributed by atoms with van der Waals surface area (Å²) >= 11 is 0. The fourth-order valence-corrected chi connectivity index (χ4v) is 2.06. The van der Waals surface area contributed by atoms with Gasteiger partial charge in [0, 0.05) is 25.7 Å². The normalized spacial score (nSPS) is 24.4. The maximum atomic E-state index is 13.2. The minimum atomic E-state index is -0.709. The van der Waals surface area contributed by atoms with Crippen LogP contribution in [0.2, 0.25) is 0 Å². The number of aliphatic hydroxyl groups excluding tert-OH is 1. The molecule has 0 spiro atoms. The van der Waals surface area contributed by atoms with Crippen LogP contribution < -0.4 is 4.74 Å². The summed E-state index contributed by atoms with van der Waals surface area (Å²) in [6, 6.07) is 2.99. The van der Waals surface area contributed by atoms with Crippen molar-refractivity contribution in [3.05, 3.63) is 34.1 Å². The lowest BCUT2D eigenvalue weighted by atomic mass is 9.88. The molecule has 8 heteroatoms. The molecule has 3 atom stereocenters. The Morgan fingerprint density at radius 2 is 2.24 bits per heavy atom. The smallest absolute Gasteiger partial charge is 0.311 e. The third kappa shape index (κ3) is 3.66. The van der Waals surface area contributed by atoms with Crippen molar-refractivity contribution in [2.45, 2.75) is 24.7 Å². The summed E-state index contributed by atoms with van der Waals surface area (Å²) in [4.78, 5) is 10.2. The lowest BCUT2D eigenvalue weighted by molar-refractivity contribution is -0.386. The Labute approximate surface area is 120 Å². The standard InChI is InChI=1S/C13H16FNO6/c1-19-4-5-20-13-10(16)7-12(13)21-11-6-8(14)2-3-9(11)15(17)18/h2-3,6,10,12-13,16H,4-5,7H2,1H3. The molecule has 0 amide bonds. The van der Waals surface area contributed by atoms with Crippen molar-refractivity contribution in [3.8, 4) is 5.75 Å². The van der Waals surface area contributed by atoms with Gasteiger partial charge in [-0.25, -0.2) is 4.39 Å². The van der Waals surface area contributed by atoms with Crippen molar-refractivity contribution in [2.75, 3.05) is 20.3 Å².